The van der Waals surface area contributed by atoms with E-state index in [2.05, 4.69) is 14.9 Å². The first-order valence-electron chi connectivity index (χ1n) is 8.27. The lowest BCUT2D eigenvalue weighted by molar-refractivity contribution is 0.193. The van der Waals surface area contributed by atoms with Crippen LogP contribution in [0.15, 0.2) is 12.4 Å². The molecule has 2 aromatic heterocycles. The first-order chi connectivity index (χ1) is 10.9. The molecule has 7 heteroatoms. The molecule has 1 atom stereocenters. The van der Waals surface area contributed by atoms with E-state index in [9.17, 15) is 0 Å². The molecule has 2 fully saturated rings. The van der Waals surface area contributed by atoms with E-state index in [0.29, 0.717) is 18.5 Å². The highest BCUT2D eigenvalue weighted by atomic mass is 16.5. The van der Waals surface area contributed by atoms with Crippen LogP contribution in [-0.4, -0.2) is 43.0 Å². The van der Waals surface area contributed by atoms with Crippen molar-refractivity contribution in [2.45, 2.75) is 57.0 Å². The fourth-order valence-corrected chi connectivity index (χ4v) is 3.46. The van der Waals surface area contributed by atoms with Gasteiger partial charge in [-0.15, -0.1) is 0 Å². The minimum Gasteiger partial charge on any atom is -0.381 e. The Labute approximate surface area is 129 Å². The Kier molecular flexibility index (Phi) is 3.88. The zero-order valence-corrected chi connectivity index (χ0v) is 12.8. The van der Waals surface area contributed by atoms with Crippen molar-refractivity contribution in [3.8, 4) is 0 Å². The summed E-state index contributed by atoms with van der Waals surface area (Å²) in [5.41, 5.74) is 0. The summed E-state index contributed by atoms with van der Waals surface area (Å²) in [5.74, 6) is 2.25. The molecule has 0 unspecified atom stereocenters. The Balaban J connectivity index is 1.63. The van der Waals surface area contributed by atoms with Gasteiger partial charge in [-0.1, -0.05) is 19.3 Å². The van der Waals surface area contributed by atoms with Crippen molar-refractivity contribution in [3.05, 3.63) is 24.0 Å². The molecule has 0 radical (unpaired) electrons. The molecule has 0 spiro atoms. The van der Waals surface area contributed by atoms with E-state index in [1.54, 1.807) is 17.2 Å². The molecule has 2 aliphatic rings. The highest BCUT2D eigenvalue weighted by molar-refractivity contribution is 5.03. The van der Waals surface area contributed by atoms with E-state index in [1.165, 1.54) is 32.1 Å². The number of nitrogens with zero attached hydrogens (tertiary/aromatic N) is 6. The predicted octanol–water partition coefficient (Wildman–Crippen LogP) is 1.93. The maximum Gasteiger partial charge on any atom is 0.156 e. The van der Waals surface area contributed by atoms with Gasteiger partial charge >= 0.3 is 0 Å². The second-order valence-electron chi connectivity index (χ2n) is 6.24. The molecule has 0 bridgehead atoms. The predicted molar refractivity (Wildman–Crippen MR) is 79.4 cm³/mol. The van der Waals surface area contributed by atoms with Crippen LogP contribution >= 0.6 is 0 Å². The van der Waals surface area contributed by atoms with Gasteiger partial charge in [0.25, 0.3) is 0 Å². The van der Waals surface area contributed by atoms with Crippen molar-refractivity contribution in [1.29, 1.82) is 0 Å². The monoisotopic (exact) mass is 302 g/mol. The van der Waals surface area contributed by atoms with Gasteiger partial charge in [-0.2, -0.15) is 20.1 Å². The number of ether oxygens (including phenoxy) is 1. The highest BCUT2D eigenvalue weighted by Crippen LogP contribution is 2.30. The second kappa shape index (κ2) is 6.16. The topological polar surface area (TPSA) is 70.7 Å². The average molecular weight is 302 g/mol. The number of aromatic nitrogens is 6. The van der Waals surface area contributed by atoms with Gasteiger partial charge in [0.05, 0.1) is 25.0 Å². The maximum absolute atomic E-state index is 5.49. The third-order valence-electron chi connectivity index (χ3n) is 4.68. The van der Waals surface area contributed by atoms with Gasteiger partial charge in [0, 0.05) is 12.5 Å². The van der Waals surface area contributed by atoms with Crippen LogP contribution in [0.2, 0.25) is 0 Å². The van der Waals surface area contributed by atoms with Gasteiger partial charge in [0.2, 0.25) is 0 Å². The van der Waals surface area contributed by atoms with Crippen molar-refractivity contribution < 1.29 is 4.74 Å². The van der Waals surface area contributed by atoms with Crippen LogP contribution in [-0.2, 0) is 11.3 Å². The number of hydrogen-bond donors (Lipinski definition) is 0. The normalized spacial score (nSPS) is 23.2. The van der Waals surface area contributed by atoms with Crippen molar-refractivity contribution in [3.63, 3.8) is 0 Å². The molecular formula is C15H22N6O. The summed E-state index contributed by atoms with van der Waals surface area (Å²) in [5, 5.41) is 13.3. The zero-order chi connectivity index (χ0) is 14.8. The molecule has 1 aliphatic heterocycles. The molecule has 3 heterocycles. The third kappa shape index (κ3) is 2.77. The Bertz CT molecular complexity index is 596. The Hall–Kier alpha value is -1.76. The van der Waals surface area contributed by atoms with E-state index < -0.39 is 0 Å². The quantitative estimate of drug-likeness (QED) is 0.863. The van der Waals surface area contributed by atoms with Crippen molar-refractivity contribution in [2.75, 3.05) is 13.2 Å². The van der Waals surface area contributed by atoms with E-state index in [-0.39, 0.29) is 0 Å². The van der Waals surface area contributed by atoms with Gasteiger partial charge in [0.15, 0.2) is 11.6 Å². The summed E-state index contributed by atoms with van der Waals surface area (Å²) in [6.45, 7) is 2.15. The zero-order valence-electron chi connectivity index (χ0n) is 12.8. The van der Waals surface area contributed by atoms with Gasteiger partial charge in [-0.25, -0.2) is 9.67 Å². The molecule has 4 rings (SSSR count). The number of rotatable bonds is 4. The lowest BCUT2D eigenvalue weighted by atomic mass is 9.95. The van der Waals surface area contributed by atoms with Crippen LogP contribution in [0.3, 0.4) is 0 Å². The second-order valence-corrected chi connectivity index (χ2v) is 6.24. The standard InChI is InChI=1S/C15H22N6O/c1-2-4-13(5-3-1)21-14(10-20-16-7-8-17-20)18-15(19-21)12-6-9-22-11-12/h7-8,12-13H,1-6,9-11H2/t12-/m1/s1. The fourth-order valence-electron chi connectivity index (χ4n) is 3.46. The minimum atomic E-state index is 0.342. The van der Waals surface area contributed by atoms with E-state index in [4.69, 9.17) is 14.8 Å². The van der Waals surface area contributed by atoms with Crippen molar-refractivity contribution >= 4 is 0 Å². The average Bonchev–Trinajstić information content (AvgIpc) is 3.30. The molecule has 118 valence electrons. The molecular weight excluding hydrogens is 280 g/mol. The summed E-state index contributed by atoms with van der Waals surface area (Å²) in [4.78, 5) is 6.49. The van der Waals surface area contributed by atoms with E-state index in [0.717, 1.165) is 31.3 Å². The van der Waals surface area contributed by atoms with Gasteiger partial charge < -0.3 is 4.74 Å². The maximum atomic E-state index is 5.49. The molecule has 0 amide bonds. The summed E-state index contributed by atoms with van der Waals surface area (Å²) in [6.07, 6.45) is 10.7. The molecule has 22 heavy (non-hydrogen) atoms. The summed E-state index contributed by atoms with van der Waals surface area (Å²) in [6, 6.07) is 0.475. The smallest absolute Gasteiger partial charge is 0.156 e. The van der Waals surface area contributed by atoms with Gasteiger partial charge in [0.1, 0.15) is 6.54 Å². The molecule has 0 aromatic carbocycles. The van der Waals surface area contributed by atoms with Crippen molar-refractivity contribution in [1.82, 2.24) is 29.8 Å². The highest BCUT2D eigenvalue weighted by Gasteiger charge is 2.27. The van der Waals surface area contributed by atoms with Crippen LogP contribution in [0.5, 0.6) is 0 Å². The van der Waals surface area contributed by atoms with E-state index >= 15 is 0 Å². The van der Waals surface area contributed by atoms with Crippen LogP contribution in [0, 0.1) is 0 Å². The first kappa shape index (κ1) is 13.9. The summed E-state index contributed by atoms with van der Waals surface area (Å²) in [7, 11) is 0. The molecule has 0 N–H and O–H groups in total. The molecule has 7 nitrogen and oxygen atoms in total. The van der Waals surface area contributed by atoms with Gasteiger partial charge in [-0.3, -0.25) is 0 Å². The molecule has 2 aromatic rings. The summed E-state index contributed by atoms with van der Waals surface area (Å²) >= 11 is 0. The Morgan fingerprint density at radius 3 is 2.64 bits per heavy atom. The molecule has 1 saturated heterocycles. The van der Waals surface area contributed by atoms with Gasteiger partial charge in [-0.05, 0) is 19.3 Å². The van der Waals surface area contributed by atoms with Crippen LogP contribution in [0.4, 0.5) is 0 Å². The van der Waals surface area contributed by atoms with Crippen LogP contribution < -0.4 is 0 Å². The summed E-state index contributed by atoms with van der Waals surface area (Å²) < 4.78 is 7.64. The Morgan fingerprint density at radius 2 is 1.91 bits per heavy atom. The third-order valence-corrected chi connectivity index (χ3v) is 4.68. The fraction of sp³-hybridized carbons (Fsp3) is 0.733. The molecule has 1 saturated carbocycles. The van der Waals surface area contributed by atoms with Crippen LogP contribution in [0.1, 0.15) is 62.1 Å². The lowest BCUT2D eigenvalue weighted by Gasteiger charge is -2.23. The Morgan fingerprint density at radius 1 is 1.09 bits per heavy atom. The SMILES string of the molecule is c1cnn(Cc2nc([C@@H]3CCOC3)nn2C2CCCCC2)n1. The minimum absolute atomic E-state index is 0.342. The van der Waals surface area contributed by atoms with Crippen molar-refractivity contribution in [2.24, 2.45) is 0 Å². The lowest BCUT2D eigenvalue weighted by Crippen LogP contribution is -2.19. The van der Waals surface area contributed by atoms with Crippen LogP contribution in [0.25, 0.3) is 0 Å². The number of hydrogen-bond acceptors (Lipinski definition) is 5. The largest absolute Gasteiger partial charge is 0.381 e. The first-order valence-corrected chi connectivity index (χ1v) is 8.27. The molecule has 1 aliphatic carbocycles. The van der Waals surface area contributed by atoms with E-state index in [1.807, 2.05) is 0 Å².